The van der Waals surface area contributed by atoms with Crippen LogP contribution in [0.25, 0.3) is 10.2 Å². The molecule has 2 aromatic heterocycles. The highest BCUT2D eigenvalue weighted by Crippen LogP contribution is 2.32. The standard InChI is InChI=1S/C18H18N6OS/c1-11(20-8-7-13-9-19-10-21-13)16-12(2)23-24(17(16)25)18-22-14-5-3-4-6-15(14)26-18/h3-6,9-10,16H,7-8H2,1-2H3,(H,19,21)/t16-/m0/s1. The number of hydrogen-bond acceptors (Lipinski definition) is 6. The highest BCUT2D eigenvalue weighted by atomic mass is 32.1. The van der Waals surface area contributed by atoms with Crippen LogP contribution in [0, 0.1) is 5.92 Å². The van der Waals surface area contributed by atoms with Gasteiger partial charge < -0.3 is 4.98 Å². The third kappa shape index (κ3) is 3.03. The Morgan fingerprint density at radius 2 is 2.23 bits per heavy atom. The van der Waals surface area contributed by atoms with E-state index in [1.807, 2.05) is 38.1 Å². The lowest BCUT2D eigenvalue weighted by atomic mass is 9.99. The maximum Gasteiger partial charge on any atom is 0.264 e. The summed E-state index contributed by atoms with van der Waals surface area (Å²) in [5.41, 5.74) is 3.43. The molecule has 0 aliphatic carbocycles. The van der Waals surface area contributed by atoms with Crippen molar-refractivity contribution < 1.29 is 4.79 Å². The van der Waals surface area contributed by atoms with Crippen molar-refractivity contribution in [3.8, 4) is 0 Å². The Morgan fingerprint density at radius 3 is 3.00 bits per heavy atom. The molecule has 0 unspecified atom stereocenters. The summed E-state index contributed by atoms with van der Waals surface area (Å²) in [4.78, 5) is 29.1. The van der Waals surface area contributed by atoms with E-state index in [0.29, 0.717) is 11.7 Å². The van der Waals surface area contributed by atoms with E-state index in [2.05, 4.69) is 25.0 Å². The fraction of sp³-hybridized carbons (Fsp3) is 0.278. The summed E-state index contributed by atoms with van der Waals surface area (Å²) in [7, 11) is 0. The topological polar surface area (TPSA) is 86.6 Å². The van der Waals surface area contributed by atoms with Crippen LogP contribution in [0.15, 0.2) is 46.9 Å². The van der Waals surface area contributed by atoms with Gasteiger partial charge in [0.15, 0.2) is 0 Å². The van der Waals surface area contributed by atoms with Crippen LogP contribution in [-0.2, 0) is 11.2 Å². The normalized spacial score (nSPS) is 18.0. The zero-order valence-corrected chi connectivity index (χ0v) is 15.3. The van der Waals surface area contributed by atoms with E-state index in [1.54, 1.807) is 12.5 Å². The number of aromatic nitrogens is 3. The number of carbonyl (C=O) groups excluding carboxylic acids is 1. The van der Waals surface area contributed by atoms with Gasteiger partial charge in [-0.1, -0.05) is 23.5 Å². The minimum atomic E-state index is -0.413. The molecule has 1 aromatic carbocycles. The number of H-pyrrole nitrogens is 1. The Morgan fingerprint density at radius 1 is 1.38 bits per heavy atom. The summed E-state index contributed by atoms with van der Waals surface area (Å²) in [5.74, 6) is -0.506. The molecule has 0 saturated heterocycles. The highest BCUT2D eigenvalue weighted by molar-refractivity contribution is 7.22. The molecular formula is C18H18N6OS. The second-order valence-electron chi connectivity index (χ2n) is 6.14. The first-order chi connectivity index (χ1) is 12.6. The molecule has 0 bridgehead atoms. The van der Waals surface area contributed by atoms with Crippen molar-refractivity contribution in [2.45, 2.75) is 20.3 Å². The number of carbonyl (C=O) groups is 1. The Balaban J connectivity index is 1.52. The van der Waals surface area contributed by atoms with Gasteiger partial charge in [0.1, 0.15) is 5.92 Å². The van der Waals surface area contributed by atoms with Crippen LogP contribution >= 0.6 is 11.3 Å². The summed E-state index contributed by atoms with van der Waals surface area (Å²) in [6.07, 6.45) is 4.20. The first kappa shape index (κ1) is 16.6. The van der Waals surface area contributed by atoms with Gasteiger partial charge in [-0.3, -0.25) is 9.79 Å². The Bertz CT molecular complexity index is 971. The van der Waals surface area contributed by atoms with E-state index < -0.39 is 5.92 Å². The van der Waals surface area contributed by atoms with Gasteiger partial charge in [-0.05, 0) is 26.0 Å². The SMILES string of the molecule is CC(=NCCc1cnc[nH]1)[C@@H]1C(=O)N(c2nc3ccccc3s2)N=C1C. The zero-order chi connectivity index (χ0) is 18.1. The molecule has 7 nitrogen and oxygen atoms in total. The number of hydrazone groups is 1. The van der Waals surface area contributed by atoms with Gasteiger partial charge in [-0.15, -0.1) is 0 Å². The number of nitrogens with one attached hydrogen (secondary N) is 1. The van der Waals surface area contributed by atoms with Gasteiger partial charge in [0.2, 0.25) is 5.13 Å². The molecule has 1 atom stereocenters. The van der Waals surface area contributed by atoms with Gasteiger partial charge in [-0.25, -0.2) is 9.97 Å². The number of anilines is 1. The van der Waals surface area contributed by atoms with E-state index in [9.17, 15) is 4.79 Å². The summed E-state index contributed by atoms with van der Waals surface area (Å²) in [6, 6.07) is 7.83. The Kier molecular flexibility index (Phi) is 4.34. The molecule has 26 heavy (non-hydrogen) atoms. The molecule has 1 amide bonds. The second-order valence-corrected chi connectivity index (χ2v) is 7.15. The molecule has 3 aromatic rings. The molecule has 0 fully saturated rings. The Hall–Kier alpha value is -2.87. The molecule has 0 saturated carbocycles. The minimum Gasteiger partial charge on any atom is -0.348 e. The molecule has 1 N–H and O–H groups in total. The summed E-state index contributed by atoms with van der Waals surface area (Å²) in [6.45, 7) is 4.35. The highest BCUT2D eigenvalue weighted by Gasteiger charge is 2.37. The molecule has 4 rings (SSSR count). The fourth-order valence-corrected chi connectivity index (χ4v) is 3.92. The van der Waals surface area contributed by atoms with Gasteiger partial charge in [0.05, 0.1) is 22.3 Å². The monoisotopic (exact) mass is 366 g/mol. The number of aliphatic imine (C=N–C) groups is 1. The van der Waals surface area contributed by atoms with Crippen molar-refractivity contribution in [1.29, 1.82) is 0 Å². The van der Waals surface area contributed by atoms with Crippen LogP contribution in [0.4, 0.5) is 5.13 Å². The molecule has 1 aliphatic heterocycles. The number of benzene rings is 1. The molecule has 0 radical (unpaired) electrons. The predicted molar refractivity (Wildman–Crippen MR) is 104 cm³/mol. The van der Waals surface area contributed by atoms with Crippen molar-refractivity contribution in [1.82, 2.24) is 15.0 Å². The van der Waals surface area contributed by atoms with Gasteiger partial charge in [-0.2, -0.15) is 10.1 Å². The smallest absolute Gasteiger partial charge is 0.264 e. The molecule has 8 heteroatoms. The van der Waals surface area contributed by atoms with Gasteiger partial charge in [0.25, 0.3) is 5.91 Å². The molecular weight excluding hydrogens is 348 g/mol. The molecule has 1 aliphatic rings. The van der Waals surface area contributed by atoms with Crippen molar-refractivity contribution in [2.24, 2.45) is 16.0 Å². The van der Waals surface area contributed by atoms with Crippen LogP contribution in [-0.4, -0.2) is 38.8 Å². The first-order valence-corrected chi connectivity index (χ1v) is 9.18. The number of fused-ring (bicyclic) bond motifs is 1. The van der Waals surface area contributed by atoms with Crippen molar-refractivity contribution in [2.75, 3.05) is 11.6 Å². The van der Waals surface area contributed by atoms with Crippen LogP contribution in [0.1, 0.15) is 19.5 Å². The third-order valence-electron chi connectivity index (χ3n) is 4.31. The lowest BCUT2D eigenvalue weighted by molar-refractivity contribution is -0.118. The van der Waals surface area contributed by atoms with E-state index in [1.165, 1.54) is 16.3 Å². The average molecular weight is 366 g/mol. The van der Waals surface area contributed by atoms with E-state index >= 15 is 0 Å². The molecule has 132 valence electrons. The number of amides is 1. The number of imidazole rings is 1. The minimum absolute atomic E-state index is 0.0932. The zero-order valence-electron chi connectivity index (χ0n) is 14.5. The van der Waals surface area contributed by atoms with Crippen molar-refractivity contribution in [3.05, 3.63) is 42.5 Å². The fourth-order valence-electron chi connectivity index (χ4n) is 3.00. The maximum absolute atomic E-state index is 12.9. The van der Waals surface area contributed by atoms with Crippen LogP contribution in [0.3, 0.4) is 0 Å². The van der Waals surface area contributed by atoms with Crippen molar-refractivity contribution in [3.63, 3.8) is 0 Å². The summed E-state index contributed by atoms with van der Waals surface area (Å²) < 4.78 is 1.04. The van der Waals surface area contributed by atoms with Crippen molar-refractivity contribution >= 4 is 44.0 Å². The van der Waals surface area contributed by atoms with Crippen LogP contribution in [0.2, 0.25) is 0 Å². The summed E-state index contributed by atoms with van der Waals surface area (Å²) >= 11 is 1.47. The predicted octanol–water partition coefficient (Wildman–Crippen LogP) is 3.06. The summed E-state index contributed by atoms with van der Waals surface area (Å²) in [5, 5.41) is 6.46. The van der Waals surface area contributed by atoms with Gasteiger partial charge >= 0.3 is 0 Å². The average Bonchev–Trinajstić information content (AvgIpc) is 3.33. The lowest BCUT2D eigenvalue weighted by Gasteiger charge is -2.11. The van der Waals surface area contributed by atoms with E-state index in [-0.39, 0.29) is 5.91 Å². The quantitative estimate of drug-likeness (QED) is 0.704. The lowest BCUT2D eigenvalue weighted by Crippen LogP contribution is -2.31. The number of thiazole rings is 1. The molecule has 0 spiro atoms. The Labute approximate surface area is 154 Å². The second kappa shape index (κ2) is 6.80. The van der Waals surface area contributed by atoms with E-state index in [4.69, 9.17) is 0 Å². The number of para-hydroxylation sites is 1. The van der Waals surface area contributed by atoms with E-state index in [0.717, 1.165) is 33.8 Å². The molecule has 3 heterocycles. The largest absolute Gasteiger partial charge is 0.348 e. The third-order valence-corrected chi connectivity index (χ3v) is 5.32. The maximum atomic E-state index is 12.9. The number of hydrogen-bond donors (Lipinski definition) is 1. The number of rotatable bonds is 5. The number of nitrogens with zero attached hydrogens (tertiary/aromatic N) is 5. The van der Waals surface area contributed by atoms with Crippen LogP contribution < -0.4 is 5.01 Å². The van der Waals surface area contributed by atoms with Gasteiger partial charge in [0, 0.05) is 30.6 Å². The van der Waals surface area contributed by atoms with Crippen LogP contribution in [0.5, 0.6) is 0 Å². The first-order valence-electron chi connectivity index (χ1n) is 8.36. The number of aromatic amines is 1.